The average Bonchev–Trinajstić information content (AvgIpc) is 3.17. The lowest BCUT2D eigenvalue weighted by Gasteiger charge is -2.15. The molecule has 0 spiro atoms. The number of benzene rings is 2. The zero-order chi connectivity index (χ0) is 24.9. The molecule has 0 aliphatic carbocycles. The molecule has 0 bridgehead atoms. The summed E-state index contributed by atoms with van der Waals surface area (Å²) < 4.78 is 13.7. The van der Waals surface area contributed by atoms with E-state index in [-0.39, 0.29) is 5.82 Å². The number of aromatic nitrogens is 3. The zero-order valence-electron chi connectivity index (χ0n) is 20.2. The van der Waals surface area contributed by atoms with E-state index in [4.69, 9.17) is 12.2 Å². The van der Waals surface area contributed by atoms with Crippen LogP contribution in [0.25, 0.3) is 10.9 Å². The normalized spacial score (nSPS) is 11.5. The van der Waals surface area contributed by atoms with Gasteiger partial charge in [0, 0.05) is 40.7 Å². The average molecular weight is 490 g/mol. The quantitative estimate of drug-likeness (QED) is 0.172. The highest BCUT2D eigenvalue weighted by atomic mass is 32.1. The van der Waals surface area contributed by atoms with Crippen LogP contribution >= 0.6 is 12.2 Å². The number of hydrogen-bond donors (Lipinski definition) is 4. The van der Waals surface area contributed by atoms with Gasteiger partial charge in [0.15, 0.2) is 5.11 Å². The summed E-state index contributed by atoms with van der Waals surface area (Å²) in [5.41, 5.74) is 6.70. The lowest BCUT2D eigenvalue weighted by molar-refractivity contribution is 0.629. The Kier molecular flexibility index (Phi) is 7.36. The third kappa shape index (κ3) is 6.39. The predicted octanol–water partition coefficient (Wildman–Crippen LogP) is 5.33. The minimum absolute atomic E-state index is 0.263. The summed E-state index contributed by atoms with van der Waals surface area (Å²) in [4.78, 5) is 16.8. The molecule has 180 valence electrons. The molecular weight excluding hydrogens is 461 g/mol. The lowest BCUT2D eigenvalue weighted by Crippen LogP contribution is -2.39. The number of aliphatic imine (C=N–C) groups is 1. The van der Waals surface area contributed by atoms with Gasteiger partial charge < -0.3 is 15.6 Å². The Balaban J connectivity index is 1.52. The number of anilines is 2. The molecule has 35 heavy (non-hydrogen) atoms. The number of nitrogens with zero attached hydrogens (tertiary/aromatic N) is 3. The smallest absolute Gasteiger partial charge is 0.229 e. The fourth-order valence-corrected chi connectivity index (χ4v) is 3.98. The fourth-order valence-electron chi connectivity index (χ4n) is 3.78. The van der Waals surface area contributed by atoms with Crippen molar-refractivity contribution < 1.29 is 4.39 Å². The zero-order valence-corrected chi connectivity index (χ0v) is 21.0. The van der Waals surface area contributed by atoms with E-state index < -0.39 is 0 Å². The topological polar surface area (TPSA) is 90.0 Å². The van der Waals surface area contributed by atoms with Crippen LogP contribution in [0.2, 0.25) is 0 Å². The van der Waals surface area contributed by atoms with Crippen molar-refractivity contribution in [1.82, 2.24) is 20.3 Å². The number of rotatable bonds is 5. The SMILES string of the molecule is Cc1ccc(C)c(NC(=S)NC(=NCCc2c[nH]c3ccc(F)cc23)Nc2nc(C)cc(C)n2)c1. The molecule has 0 fully saturated rings. The summed E-state index contributed by atoms with van der Waals surface area (Å²) in [5, 5.41) is 10.8. The molecule has 0 atom stereocenters. The molecule has 4 aromatic rings. The molecule has 0 radical (unpaired) electrons. The standard InChI is InChI=1S/C26H28FN7S/c1-15-5-6-16(2)23(11-15)32-26(35)34-24(33-25-30-17(3)12-18(4)31-25)28-10-9-19-14-29-22-8-7-20(27)13-21(19)22/h5-8,11-14,29H,9-10H2,1-4H3,(H3,28,30,31,32,33,34,35). The molecular formula is C26H28FN7S. The molecule has 2 heterocycles. The van der Waals surface area contributed by atoms with Gasteiger partial charge in [0.1, 0.15) is 5.82 Å². The number of aromatic amines is 1. The number of halogens is 1. The molecule has 4 rings (SSSR count). The highest BCUT2D eigenvalue weighted by molar-refractivity contribution is 7.80. The van der Waals surface area contributed by atoms with E-state index in [9.17, 15) is 4.39 Å². The van der Waals surface area contributed by atoms with Gasteiger partial charge in [-0.05, 0) is 93.4 Å². The number of guanidine groups is 1. The third-order valence-electron chi connectivity index (χ3n) is 5.47. The molecule has 7 nitrogen and oxygen atoms in total. The summed E-state index contributed by atoms with van der Waals surface area (Å²) in [6.07, 6.45) is 2.50. The van der Waals surface area contributed by atoms with Crippen LogP contribution in [0.1, 0.15) is 28.1 Å². The van der Waals surface area contributed by atoms with Crippen molar-refractivity contribution in [2.24, 2.45) is 4.99 Å². The van der Waals surface area contributed by atoms with E-state index in [0.717, 1.165) is 44.7 Å². The maximum atomic E-state index is 13.7. The van der Waals surface area contributed by atoms with Gasteiger partial charge in [0.05, 0.1) is 0 Å². The predicted molar refractivity (Wildman–Crippen MR) is 145 cm³/mol. The molecule has 0 saturated heterocycles. The summed E-state index contributed by atoms with van der Waals surface area (Å²) >= 11 is 5.56. The summed E-state index contributed by atoms with van der Waals surface area (Å²) in [7, 11) is 0. The van der Waals surface area contributed by atoms with E-state index in [1.54, 1.807) is 6.07 Å². The van der Waals surface area contributed by atoms with Crippen LogP contribution < -0.4 is 16.0 Å². The Hall–Kier alpha value is -3.85. The number of hydrogen-bond acceptors (Lipinski definition) is 4. The van der Waals surface area contributed by atoms with E-state index in [1.165, 1.54) is 12.1 Å². The summed E-state index contributed by atoms with van der Waals surface area (Å²) in [5.74, 6) is 0.585. The molecule has 0 unspecified atom stereocenters. The second kappa shape index (κ2) is 10.6. The first-order valence-electron chi connectivity index (χ1n) is 11.3. The molecule has 0 saturated carbocycles. The number of fused-ring (bicyclic) bond motifs is 1. The Morgan fingerprint density at radius 2 is 1.77 bits per heavy atom. The molecule has 0 aliphatic rings. The van der Waals surface area contributed by atoms with Crippen LogP contribution in [0, 0.1) is 33.5 Å². The Morgan fingerprint density at radius 1 is 1.00 bits per heavy atom. The Morgan fingerprint density at radius 3 is 2.54 bits per heavy atom. The number of H-pyrrole nitrogens is 1. The summed E-state index contributed by atoms with van der Waals surface area (Å²) in [6, 6.07) is 12.8. The highest BCUT2D eigenvalue weighted by Gasteiger charge is 2.10. The third-order valence-corrected chi connectivity index (χ3v) is 5.67. The molecule has 4 N–H and O–H groups in total. The Bertz CT molecular complexity index is 1390. The van der Waals surface area contributed by atoms with E-state index in [1.807, 2.05) is 52.1 Å². The van der Waals surface area contributed by atoms with E-state index >= 15 is 0 Å². The lowest BCUT2D eigenvalue weighted by atomic mass is 10.1. The highest BCUT2D eigenvalue weighted by Crippen LogP contribution is 2.20. The van der Waals surface area contributed by atoms with Gasteiger partial charge in [0.2, 0.25) is 11.9 Å². The number of nitrogens with one attached hydrogen (secondary N) is 4. The maximum absolute atomic E-state index is 13.7. The van der Waals surface area contributed by atoms with Crippen molar-refractivity contribution in [2.75, 3.05) is 17.2 Å². The molecule has 2 aromatic carbocycles. The summed E-state index contributed by atoms with van der Waals surface area (Å²) in [6.45, 7) is 8.31. The van der Waals surface area contributed by atoms with Crippen molar-refractivity contribution in [2.45, 2.75) is 34.1 Å². The van der Waals surface area contributed by atoms with Crippen molar-refractivity contribution in [3.05, 3.63) is 82.6 Å². The van der Waals surface area contributed by atoms with Gasteiger partial charge in [-0.3, -0.25) is 10.3 Å². The van der Waals surface area contributed by atoms with E-state index in [2.05, 4.69) is 42.0 Å². The number of aryl methyl sites for hydroxylation is 4. The van der Waals surface area contributed by atoms with Crippen LogP contribution in [0.5, 0.6) is 0 Å². The molecule has 0 amide bonds. The number of thiocarbonyl (C=S) groups is 1. The van der Waals surface area contributed by atoms with Crippen LogP contribution in [-0.2, 0) is 6.42 Å². The minimum atomic E-state index is -0.263. The molecule has 9 heteroatoms. The first kappa shape index (κ1) is 24.3. The van der Waals surface area contributed by atoms with Crippen molar-refractivity contribution in [3.63, 3.8) is 0 Å². The second-order valence-corrected chi connectivity index (χ2v) is 8.89. The minimum Gasteiger partial charge on any atom is -0.361 e. The van der Waals surface area contributed by atoms with E-state index in [0.29, 0.717) is 30.0 Å². The van der Waals surface area contributed by atoms with Crippen molar-refractivity contribution in [3.8, 4) is 0 Å². The van der Waals surface area contributed by atoms with Crippen LogP contribution in [0.4, 0.5) is 16.0 Å². The van der Waals surface area contributed by atoms with Crippen molar-refractivity contribution in [1.29, 1.82) is 0 Å². The largest absolute Gasteiger partial charge is 0.361 e. The van der Waals surface area contributed by atoms with Gasteiger partial charge in [-0.15, -0.1) is 0 Å². The Labute approximate surface area is 209 Å². The first-order valence-corrected chi connectivity index (χ1v) is 11.7. The van der Waals surface area contributed by atoms with Gasteiger partial charge in [-0.25, -0.2) is 14.4 Å². The van der Waals surface area contributed by atoms with Crippen LogP contribution in [0.3, 0.4) is 0 Å². The van der Waals surface area contributed by atoms with Gasteiger partial charge in [-0.1, -0.05) is 12.1 Å². The molecule has 2 aromatic heterocycles. The van der Waals surface area contributed by atoms with Crippen LogP contribution in [0.15, 0.2) is 53.7 Å². The van der Waals surface area contributed by atoms with Crippen molar-refractivity contribution >= 4 is 45.8 Å². The second-order valence-electron chi connectivity index (χ2n) is 8.48. The first-order chi connectivity index (χ1) is 16.8. The van der Waals surface area contributed by atoms with Gasteiger partial charge in [0.25, 0.3) is 0 Å². The van der Waals surface area contributed by atoms with Crippen LogP contribution in [-0.4, -0.2) is 32.6 Å². The molecule has 0 aliphatic heterocycles. The van der Waals surface area contributed by atoms with Gasteiger partial charge >= 0.3 is 0 Å². The fraction of sp³-hybridized carbons (Fsp3) is 0.231. The van der Waals surface area contributed by atoms with Gasteiger partial charge in [-0.2, -0.15) is 0 Å². The maximum Gasteiger partial charge on any atom is 0.229 e. The monoisotopic (exact) mass is 489 g/mol.